The number of sulfonamides is 1. The number of aromatic nitrogens is 2. The molecule has 2 atom stereocenters. The number of aromatic amines is 1. The molecule has 1 aromatic carbocycles. The van der Waals surface area contributed by atoms with Crippen LogP contribution in [0.2, 0.25) is 0 Å². The molecule has 3 aromatic rings. The zero-order chi connectivity index (χ0) is 20.9. The van der Waals surface area contributed by atoms with Gasteiger partial charge in [0, 0.05) is 49.9 Å². The van der Waals surface area contributed by atoms with Gasteiger partial charge in [0.05, 0.1) is 0 Å². The topological polar surface area (TPSA) is 86.4 Å². The Morgan fingerprint density at radius 2 is 1.83 bits per heavy atom. The average Bonchev–Trinajstić information content (AvgIpc) is 3.44. The van der Waals surface area contributed by atoms with Crippen molar-refractivity contribution in [3.63, 3.8) is 0 Å². The first kappa shape index (κ1) is 19.2. The highest BCUT2D eigenvalue weighted by Gasteiger charge is 2.46. The van der Waals surface area contributed by atoms with Gasteiger partial charge in [0.25, 0.3) is 0 Å². The minimum Gasteiger partial charge on any atom is -0.345 e. The van der Waals surface area contributed by atoms with Gasteiger partial charge in [-0.1, -0.05) is 12.1 Å². The molecule has 1 amide bonds. The molecule has 1 aliphatic heterocycles. The lowest BCUT2D eigenvalue weighted by atomic mass is 10.1. The van der Waals surface area contributed by atoms with Crippen LogP contribution in [-0.4, -0.2) is 59.7 Å². The molecule has 9 heteroatoms. The Hall–Kier alpha value is -2.78. The Morgan fingerprint density at radius 1 is 1.10 bits per heavy atom. The number of fused-ring (bicyclic) bond motifs is 1. The number of rotatable bonds is 4. The number of piperazine rings is 1. The summed E-state index contributed by atoms with van der Waals surface area (Å²) >= 11 is 0. The maximum atomic E-state index is 13.1. The quantitative estimate of drug-likeness (QED) is 0.691. The summed E-state index contributed by atoms with van der Waals surface area (Å²) < 4.78 is 40.7. The number of benzene rings is 1. The van der Waals surface area contributed by atoms with E-state index < -0.39 is 10.0 Å². The fraction of sp³-hybridized carbons (Fsp3) is 0.333. The second-order valence-corrected chi connectivity index (χ2v) is 9.69. The lowest BCUT2D eigenvalue weighted by molar-refractivity contribution is -0.133. The van der Waals surface area contributed by atoms with Crippen molar-refractivity contribution in [2.45, 2.75) is 17.2 Å². The van der Waals surface area contributed by atoms with Crippen LogP contribution in [-0.2, 0) is 14.8 Å². The normalized spacial score (nSPS) is 22.4. The van der Waals surface area contributed by atoms with E-state index in [0.717, 1.165) is 12.0 Å². The summed E-state index contributed by atoms with van der Waals surface area (Å²) in [5.74, 6) is -0.208. The molecular formula is C21H21FN4O3S. The molecular weight excluding hydrogens is 407 g/mol. The molecule has 1 saturated carbocycles. The molecule has 156 valence electrons. The first-order valence-corrected chi connectivity index (χ1v) is 11.4. The lowest BCUT2D eigenvalue weighted by Gasteiger charge is -2.34. The van der Waals surface area contributed by atoms with Crippen molar-refractivity contribution >= 4 is 27.0 Å². The van der Waals surface area contributed by atoms with Crippen LogP contribution in [0, 0.1) is 11.7 Å². The summed E-state index contributed by atoms with van der Waals surface area (Å²) in [6, 6.07) is 9.73. The van der Waals surface area contributed by atoms with Crippen LogP contribution in [0.3, 0.4) is 0 Å². The first-order valence-electron chi connectivity index (χ1n) is 9.91. The standard InChI is InChI=1S/C21H21FN4O3S/c22-15-5-3-14(4-6-15)17-12-18(17)21(27)25-8-10-26(11-9-25)30(28,29)19-13-24-20-16(19)2-1-7-23-20/h1-7,13,17-18H,8-12H2,(H,23,24). The Kier molecular flexibility index (Phi) is 4.59. The van der Waals surface area contributed by atoms with Crippen LogP contribution in [0.1, 0.15) is 17.9 Å². The Morgan fingerprint density at radius 3 is 2.57 bits per heavy atom. The summed E-state index contributed by atoms with van der Waals surface area (Å²) in [4.78, 5) is 21.8. The molecule has 0 spiro atoms. The first-order chi connectivity index (χ1) is 14.4. The van der Waals surface area contributed by atoms with Gasteiger partial charge in [-0.25, -0.2) is 17.8 Å². The van der Waals surface area contributed by atoms with Crippen molar-refractivity contribution < 1.29 is 17.6 Å². The van der Waals surface area contributed by atoms with Crippen LogP contribution in [0.15, 0.2) is 53.7 Å². The number of nitrogens with one attached hydrogen (secondary N) is 1. The molecule has 0 bridgehead atoms. The fourth-order valence-corrected chi connectivity index (χ4v) is 5.79. The van der Waals surface area contributed by atoms with Crippen molar-refractivity contribution in [2.75, 3.05) is 26.2 Å². The summed E-state index contributed by atoms with van der Waals surface area (Å²) in [5, 5.41) is 0.566. The van der Waals surface area contributed by atoms with Gasteiger partial charge >= 0.3 is 0 Å². The van der Waals surface area contributed by atoms with Crippen molar-refractivity contribution in [1.29, 1.82) is 0 Å². The molecule has 2 aromatic heterocycles. The molecule has 1 saturated heterocycles. The zero-order valence-corrected chi connectivity index (χ0v) is 17.0. The van der Waals surface area contributed by atoms with Crippen LogP contribution in [0.5, 0.6) is 0 Å². The van der Waals surface area contributed by atoms with Gasteiger partial charge in [-0.05, 0) is 42.2 Å². The van der Waals surface area contributed by atoms with Gasteiger partial charge in [-0.2, -0.15) is 4.31 Å². The minimum absolute atomic E-state index is 0.0534. The molecule has 30 heavy (non-hydrogen) atoms. The minimum atomic E-state index is -3.67. The summed E-state index contributed by atoms with van der Waals surface area (Å²) in [7, 11) is -3.67. The van der Waals surface area contributed by atoms with E-state index in [2.05, 4.69) is 9.97 Å². The number of pyridine rings is 1. The highest BCUT2D eigenvalue weighted by atomic mass is 32.2. The van der Waals surface area contributed by atoms with E-state index in [0.29, 0.717) is 24.1 Å². The predicted octanol–water partition coefficient (Wildman–Crippen LogP) is 2.34. The van der Waals surface area contributed by atoms with E-state index >= 15 is 0 Å². The molecule has 5 rings (SSSR count). The van der Waals surface area contributed by atoms with Crippen molar-refractivity contribution in [3.05, 3.63) is 60.2 Å². The highest BCUT2D eigenvalue weighted by molar-refractivity contribution is 7.89. The number of amides is 1. The predicted molar refractivity (Wildman–Crippen MR) is 109 cm³/mol. The van der Waals surface area contributed by atoms with Crippen LogP contribution in [0.25, 0.3) is 11.0 Å². The third-order valence-corrected chi connectivity index (χ3v) is 7.93. The number of carbonyl (C=O) groups is 1. The molecule has 7 nitrogen and oxygen atoms in total. The third-order valence-electron chi connectivity index (χ3n) is 5.99. The van der Waals surface area contributed by atoms with Gasteiger partial charge in [0.2, 0.25) is 15.9 Å². The lowest BCUT2D eigenvalue weighted by Crippen LogP contribution is -2.51. The Bertz CT molecular complexity index is 1200. The number of halogens is 1. The SMILES string of the molecule is O=C(C1CC1c1ccc(F)cc1)N1CCN(S(=O)(=O)c2c[nH]c3ncccc23)CC1. The van der Waals surface area contributed by atoms with E-state index in [-0.39, 0.29) is 41.5 Å². The van der Waals surface area contributed by atoms with E-state index in [1.165, 1.54) is 22.6 Å². The largest absolute Gasteiger partial charge is 0.345 e. The number of hydrogen-bond donors (Lipinski definition) is 1. The number of carbonyl (C=O) groups excluding carboxylic acids is 1. The number of nitrogens with zero attached hydrogens (tertiary/aromatic N) is 3. The molecule has 1 N–H and O–H groups in total. The van der Waals surface area contributed by atoms with Gasteiger partial charge < -0.3 is 9.88 Å². The van der Waals surface area contributed by atoms with Crippen LogP contribution < -0.4 is 0 Å². The second-order valence-electron chi connectivity index (χ2n) is 7.78. The maximum Gasteiger partial charge on any atom is 0.245 e. The van der Waals surface area contributed by atoms with Crippen molar-refractivity contribution in [2.24, 2.45) is 5.92 Å². The van der Waals surface area contributed by atoms with Gasteiger partial charge in [-0.3, -0.25) is 4.79 Å². The monoisotopic (exact) mass is 428 g/mol. The van der Waals surface area contributed by atoms with Gasteiger partial charge in [-0.15, -0.1) is 0 Å². The summed E-state index contributed by atoms with van der Waals surface area (Å²) in [6.07, 6.45) is 3.84. The van der Waals surface area contributed by atoms with Crippen molar-refractivity contribution in [1.82, 2.24) is 19.2 Å². The zero-order valence-electron chi connectivity index (χ0n) is 16.2. The van der Waals surface area contributed by atoms with Gasteiger partial charge in [0.1, 0.15) is 16.4 Å². The number of hydrogen-bond acceptors (Lipinski definition) is 4. The van der Waals surface area contributed by atoms with Crippen LogP contribution in [0.4, 0.5) is 4.39 Å². The molecule has 2 fully saturated rings. The Balaban J connectivity index is 1.24. The van der Waals surface area contributed by atoms with E-state index in [9.17, 15) is 17.6 Å². The van der Waals surface area contributed by atoms with E-state index in [1.54, 1.807) is 35.4 Å². The fourth-order valence-electron chi connectivity index (χ4n) is 4.21. The third kappa shape index (κ3) is 3.27. The molecule has 2 unspecified atom stereocenters. The summed E-state index contributed by atoms with van der Waals surface area (Å²) in [5.41, 5.74) is 1.51. The van der Waals surface area contributed by atoms with Crippen molar-refractivity contribution in [3.8, 4) is 0 Å². The maximum absolute atomic E-state index is 13.1. The number of H-pyrrole nitrogens is 1. The van der Waals surface area contributed by atoms with E-state index in [1.807, 2.05) is 0 Å². The van der Waals surface area contributed by atoms with Crippen LogP contribution >= 0.6 is 0 Å². The second kappa shape index (κ2) is 7.17. The smallest absolute Gasteiger partial charge is 0.245 e. The molecule has 0 radical (unpaired) electrons. The average molecular weight is 428 g/mol. The van der Waals surface area contributed by atoms with E-state index in [4.69, 9.17) is 0 Å². The molecule has 2 aliphatic rings. The molecule has 3 heterocycles. The van der Waals surface area contributed by atoms with Gasteiger partial charge in [0.15, 0.2) is 0 Å². The summed E-state index contributed by atoms with van der Waals surface area (Å²) in [6.45, 7) is 1.25. The Labute approximate surface area is 173 Å². The highest BCUT2D eigenvalue weighted by Crippen LogP contribution is 2.48. The molecule has 1 aliphatic carbocycles.